The molecule has 1 amide bonds. The van der Waals surface area contributed by atoms with Crippen LogP contribution in [0.1, 0.15) is 11.1 Å². The van der Waals surface area contributed by atoms with Gasteiger partial charge in [0.2, 0.25) is 0 Å². The number of benzene rings is 3. The molecule has 0 aliphatic rings. The van der Waals surface area contributed by atoms with Crippen LogP contribution in [-0.4, -0.2) is 24.5 Å². The molecule has 33 heavy (non-hydrogen) atoms. The number of rotatable bonds is 8. The second kappa shape index (κ2) is 10.5. The largest absolute Gasteiger partial charge is 0.493 e. The Balaban J connectivity index is 1.71. The monoisotopic (exact) mass is 447 g/mol. The van der Waals surface area contributed by atoms with Crippen LogP contribution in [-0.2, 0) is 4.79 Å². The zero-order valence-electron chi connectivity index (χ0n) is 17.4. The number of allylic oxidation sites excluding steroid dienone is 1. The first-order chi connectivity index (χ1) is 15.9. The highest BCUT2D eigenvalue weighted by Gasteiger charge is 2.11. The number of non-ortho nitro benzene ring substituents is 1. The fourth-order valence-electron chi connectivity index (χ4n) is 2.88. The minimum atomic E-state index is -0.511. The van der Waals surface area contributed by atoms with Crippen molar-refractivity contribution in [2.45, 2.75) is 0 Å². The van der Waals surface area contributed by atoms with Gasteiger partial charge in [-0.1, -0.05) is 6.07 Å². The molecule has 0 saturated heterocycles. The molecule has 3 aromatic rings. The van der Waals surface area contributed by atoms with E-state index >= 15 is 0 Å². The van der Waals surface area contributed by atoms with E-state index in [0.717, 1.165) is 0 Å². The highest BCUT2D eigenvalue weighted by molar-refractivity contribution is 5.92. The van der Waals surface area contributed by atoms with Crippen LogP contribution >= 0.6 is 0 Å². The fraction of sp³-hybridized carbons (Fsp3) is 0.0833. The SMILES string of the molecule is COc1cc(/C=C(/C#N)c2ccc([N+](=O)[O-])cc2)ccc1OCC(=O)Nc1ccc(F)cc1. The topological polar surface area (TPSA) is 114 Å². The summed E-state index contributed by atoms with van der Waals surface area (Å²) in [6.07, 6.45) is 1.61. The minimum Gasteiger partial charge on any atom is -0.493 e. The third-order valence-electron chi connectivity index (χ3n) is 4.50. The Bertz CT molecular complexity index is 1230. The van der Waals surface area contributed by atoms with Gasteiger partial charge in [-0.25, -0.2) is 4.39 Å². The average Bonchev–Trinajstić information content (AvgIpc) is 2.83. The van der Waals surface area contributed by atoms with Crippen LogP contribution in [0.25, 0.3) is 11.6 Å². The Kier molecular flexibility index (Phi) is 7.34. The molecule has 0 atom stereocenters. The van der Waals surface area contributed by atoms with E-state index in [1.54, 1.807) is 24.3 Å². The molecule has 0 fully saturated rings. The number of carbonyl (C=O) groups is 1. The number of nitrogens with one attached hydrogen (secondary N) is 1. The Morgan fingerprint density at radius 2 is 1.82 bits per heavy atom. The van der Waals surface area contributed by atoms with Crippen LogP contribution in [0.2, 0.25) is 0 Å². The number of ether oxygens (including phenoxy) is 2. The third kappa shape index (κ3) is 6.15. The van der Waals surface area contributed by atoms with E-state index in [4.69, 9.17) is 9.47 Å². The highest BCUT2D eigenvalue weighted by Crippen LogP contribution is 2.30. The van der Waals surface area contributed by atoms with Gasteiger partial charge >= 0.3 is 0 Å². The van der Waals surface area contributed by atoms with Gasteiger partial charge < -0.3 is 14.8 Å². The summed E-state index contributed by atoms with van der Waals surface area (Å²) in [5, 5.41) is 22.9. The lowest BCUT2D eigenvalue weighted by atomic mass is 10.0. The van der Waals surface area contributed by atoms with Gasteiger partial charge in [0.1, 0.15) is 5.82 Å². The molecule has 0 aromatic heterocycles. The van der Waals surface area contributed by atoms with E-state index in [-0.39, 0.29) is 12.3 Å². The lowest BCUT2D eigenvalue weighted by molar-refractivity contribution is -0.384. The first-order valence-corrected chi connectivity index (χ1v) is 9.62. The number of halogens is 1. The summed E-state index contributed by atoms with van der Waals surface area (Å²) < 4.78 is 23.8. The smallest absolute Gasteiger partial charge is 0.269 e. The van der Waals surface area contributed by atoms with Crippen LogP contribution in [0, 0.1) is 27.3 Å². The van der Waals surface area contributed by atoms with Crippen LogP contribution in [0.3, 0.4) is 0 Å². The summed E-state index contributed by atoms with van der Waals surface area (Å²) in [7, 11) is 1.44. The van der Waals surface area contributed by atoms with Gasteiger partial charge in [0.25, 0.3) is 11.6 Å². The molecule has 8 nitrogen and oxygen atoms in total. The molecule has 166 valence electrons. The average molecular weight is 447 g/mol. The molecular weight excluding hydrogens is 429 g/mol. The van der Waals surface area contributed by atoms with Crippen molar-refractivity contribution in [1.82, 2.24) is 0 Å². The second-order valence-electron chi connectivity index (χ2n) is 6.73. The summed E-state index contributed by atoms with van der Waals surface area (Å²) in [6.45, 7) is -0.296. The van der Waals surface area contributed by atoms with Gasteiger partial charge in [0.05, 0.1) is 23.7 Å². The third-order valence-corrected chi connectivity index (χ3v) is 4.50. The van der Waals surface area contributed by atoms with Crippen molar-refractivity contribution in [2.75, 3.05) is 19.0 Å². The van der Waals surface area contributed by atoms with Crippen molar-refractivity contribution < 1.29 is 23.6 Å². The van der Waals surface area contributed by atoms with Crippen LogP contribution in [0.4, 0.5) is 15.8 Å². The molecular formula is C24H18FN3O5. The highest BCUT2D eigenvalue weighted by atomic mass is 19.1. The van der Waals surface area contributed by atoms with Crippen molar-refractivity contribution in [3.05, 3.63) is 93.8 Å². The number of amides is 1. The molecule has 0 saturated carbocycles. The van der Waals surface area contributed by atoms with Gasteiger partial charge in [-0.2, -0.15) is 5.26 Å². The number of nitro benzene ring substituents is 1. The van der Waals surface area contributed by atoms with E-state index in [0.29, 0.717) is 33.9 Å². The quantitative estimate of drug-likeness (QED) is 0.229. The van der Waals surface area contributed by atoms with Gasteiger partial charge in [-0.15, -0.1) is 0 Å². The predicted molar refractivity (Wildman–Crippen MR) is 120 cm³/mol. The van der Waals surface area contributed by atoms with Crippen molar-refractivity contribution in [2.24, 2.45) is 0 Å². The Labute approximate surface area is 188 Å². The molecule has 3 aromatic carbocycles. The fourth-order valence-corrected chi connectivity index (χ4v) is 2.88. The molecule has 0 spiro atoms. The summed E-state index contributed by atoms with van der Waals surface area (Å²) >= 11 is 0. The zero-order chi connectivity index (χ0) is 23.8. The summed E-state index contributed by atoms with van der Waals surface area (Å²) in [6, 6.07) is 18.0. The maximum atomic E-state index is 13.0. The number of carbonyl (C=O) groups excluding carboxylic acids is 1. The van der Waals surface area contributed by atoms with Gasteiger partial charge in [0, 0.05) is 17.8 Å². The summed E-state index contributed by atoms with van der Waals surface area (Å²) in [5.41, 5.74) is 1.83. The second-order valence-corrected chi connectivity index (χ2v) is 6.73. The normalized spacial score (nSPS) is 10.8. The van der Waals surface area contributed by atoms with Crippen molar-refractivity contribution in [3.63, 3.8) is 0 Å². The number of nitro groups is 1. The van der Waals surface area contributed by atoms with Crippen molar-refractivity contribution in [1.29, 1.82) is 5.26 Å². The van der Waals surface area contributed by atoms with E-state index in [1.807, 2.05) is 0 Å². The predicted octanol–water partition coefficient (Wildman–Crippen LogP) is 4.82. The first kappa shape index (κ1) is 23.0. The van der Waals surface area contributed by atoms with E-state index in [2.05, 4.69) is 11.4 Å². The van der Waals surface area contributed by atoms with E-state index in [1.165, 1.54) is 55.6 Å². The van der Waals surface area contributed by atoms with Gasteiger partial charge in [-0.05, 0) is 65.7 Å². The number of hydrogen-bond acceptors (Lipinski definition) is 6. The maximum absolute atomic E-state index is 13.0. The Morgan fingerprint density at radius 3 is 2.42 bits per heavy atom. The molecule has 0 radical (unpaired) electrons. The summed E-state index contributed by atoms with van der Waals surface area (Å²) in [4.78, 5) is 22.4. The van der Waals surface area contributed by atoms with Gasteiger partial charge in [-0.3, -0.25) is 14.9 Å². The molecule has 0 unspecified atom stereocenters. The maximum Gasteiger partial charge on any atom is 0.269 e. The number of hydrogen-bond donors (Lipinski definition) is 1. The molecule has 1 N–H and O–H groups in total. The minimum absolute atomic E-state index is 0.0670. The number of nitrogens with zero attached hydrogens (tertiary/aromatic N) is 2. The van der Waals surface area contributed by atoms with Crippen molar-refractivity contribution >= 4 is 28.9 Å². The van der Waals surface area contributed by atoms with E-state index in [9.17, 15) is 24.6 Å². The zero-order valence-corrected chi connectivity index (χ0v) is 17.4. The van der Waals surface area contributed by atoms with Crippen LogP contribution < -0.4 is 14.8 Å². The Morgan fingerprint density at radius 1 is 1.12 bits per heavy atom. The molecule has 9 heteroatoms. The van der Waals surface area contributed by atoms with Crippen LogP contribution in [0.5, 0.6) is 11.5 Å². The van der Waals surface area contributed by atoms with E-state index < -0.39 is 16.6 Å². The molecule has 0 aliphatic carbocycles. The number of methoxy groups -OCH3 is 1. The Hall–Kier alpha value is -4.71. The molecule has 3 rings (SSSR count). The standard InChI is InChI=1S/C24H18FN3O5/c1-32-23-13-16(12-18(14-26)17-3-9-21(10-4-17)28(30)31)2-11-22(23)33-15-24(29)27-20-7-5-19(25)6-8-20/h2-13H,15H2,1H3,(H,27,29)/b18-12-. The van der Waals surface area contributed by atoms with Crippen molar-refractivity contribution in [3.8, 4) is 17.6 Å². The van der Waals surface area contributed by atoms with Crippen LogP contribution in [0.15, 0.2) is 66.7 Å². The van der Waals surface area contributed by atoms with Gasteiger partial charge in [0.15, 0.2) is 18.1 Å². The number of anilines is 1. The number of nitriles is 1. The molecule has 0 heterocycles. The summed E-state index contributed by atoms with van der Waals surface area (Å²) in [5.74, 6) is -0.175. The molecule has 0 bridgehead atoms. The lowest BCUT2D eigenvalue weighted by Gasteiger charge is -2.12. The lowest BCUT2D eigenvalue weighted by Crippen LogP contribution is -2.20. The molecule has 0 aliphatic heterocycles. The first-order valence-electron chi connectivity index (χ1n) is 9.62.